The second-order valence-corrected chi connectivity index (χ2v) is 5.55. The zero-order chi connectivity index (χ0) is 14.9. The van der Waals surface area contributed by atoms with Crippen LogP contribution in [-0.2, 0) is 6.54 Å². The Kier molecular flexibility index (Phi) is 3.20. The maximum Gasteiger partial charge on any atom is 0.177 e. The summed E-state index contributed by atoms with van der Waals surface area (Å²) in [6, 6.07) is 19.9. The van der Waals surface area contributed by atoms with E-state index in [0.29, 0.717) is 5.02 Å². The van der Waals surface area contributed by atoms with Crippen LogP contribution in [0.5, 0.6) is 0 Å². The Hall–Kier alpha value is -2.52. The maximum absolute atomic E-state index is 6.09. The zero-order valence-electron chi connectivity index (χ0n) is 11.7. The van der Waals surface area contributed by atoms with E-state index in [0.717, 1.165) is 29.2 Å². The van der Waals surface area contributed by atoms with Gasteiger partial charge in [0.2, 0.25) is 0 Å². The normalized spacial score (nSPS) is 11.1. The standard InChI is InChI=1S/C18H13ClN2O/c19-14-8-9-16-15(11-14)20-18(17-7-4-10-22-17)21(16)12-13-5-2-1-3-6-13/h1-11H,12H2. The fourth-order valence-corrected chi connectivity index (χ4v) is 2.79. The van der Waals surface area contributed by atoms with Crippen molar-refractivity contribution in [1.82, 2.24) is 9.55 Å². The fraction of sp³-hybridized carbons (Fsp3) is 0.0556. The molecule has 0 saturated carbocycles. The molecule has 2 heterocycles. The Bertz CT molecular complexity index is 911. The number of hydrogen-bond acceptors (Lipinski definition) is 2. The van der Waals surface area contributed by atoms with Crippen LogP contribution in [0, 0.1) is 0 Å². The lowest BCUT2D eigenvalue weighted by atomic mass is 10.2. The molecule has 0 saturated heterocycles. The van der Waals surface area contributed by atoms with Gasteiger partial charge in [-0.3, -0.25) is 0 Å². The van der Waals surface area contributed by atoms with Gasteiger partial charge >= 0.3 is 0 Å². The summed E-state index contributed by atoms with van der Waals surface area (Å²) in [7, 11) is 0. The minimum absolute atomic E-state index is 0.683. The predicted octanol–water partition coefficient (Wildman–Crippen LogP) is 5.00. The number of furan rings is 1. The van der Waals surface area contributed by atoms with Gasteiger partial charge in [0, 0.05) is 11.6 Å². The van der Waals surface area contributed by atoms with Gasteiger partial charge in [0.05, 0.1) is 17.3 Å². The molecule has 2 aromatic heterocycles. The van der Waals surface area contributed by atoms with Crippen molar-refractivity contribution in [2.45, 2.75) is 6.54 Å². The minimum Gasteiger partial charge on any atom is -0.461 e. The summed E-state index contributed by atoms with van der Waals surface area (Å²) >= 11 is 6.09. The first-order valence-electron chi connectivity index (χ1n) is 7.05. The summed E-state index contributed by atoms with van der Waals surface area (Å²) in [5, 5.41) is 0.683. The van der Waals surface area contributed by atoms with E-state index in [1.165, 1.54) is 5.56 Å². The number of nitrogens with zero attached hydrogens (tertiary/aromatic N) is 2. The minimum atomic E-state index is 0.683. The highest BCUT2D eigenvalue weighted by Crippen LogP contribution is 2.28. The van der Waals surface area contributed by atoms with Crippen LogP contribution in [0.25, 0.3) is 22.6 Å². The highest BCUT2D eigenvalue weighted by atomic mass is 35.5. The summed E-state index contributed by atoms with van der Waals surface area (Å²) in [6.07, 6.45) is 1.66. The molecule has 0 aliphatic heterocycles. The third-order valence-electron chi connectivity index (χ3n) is 3.64. The van der Waals surface area contributed by atoms with Crippen LogP contribution >= 0.6 is 11.6 Å². The van der Waals surface area contributed by atoms with E-state index in [-0.39, 0.29) is 0 Å². The van der Waals surface area contributed by atoms with Crippen LogP contribution in [0.3, 0.4) is 0 Å². The average molecular weight is 309 g/mol. The SMILES string of the molecule is Clc1ccc2c(c1)nc(-c1ccco1)n2Cc1ccccc1. The second-order valence-electron chi connectivity index (χ2n) is 5.12. The van der Waals surface area contributed by atoms with E-state index in [1.54, 1.807) is 6.26 Å². The molecule has 0 N–H and O–H groups in total. The molecule has 108 valence electrons. The number of benzene rings is 2. The van der Waals surface area contributed by atoms with Crippen LogP contribution in [0.4, 0.5) is 0 Å². The molecule has 0 radical (unpaired) electrons. The van der Waals surface area contributed by atoms with Crippen molar-refractivity contribution in [1.29, 1.82) is 0 Å². The molecular weight excluding hydrogens is 296 g/mol. The molecule has 0 aliphatic rings. The zero-order valence-corrected chi connectivity index (χ0v) is 12.5. The third kappa shape index (κ3) is 2.30. The van der Waals surface area contributed by atoms with E-state index >= 15 is 0 Å². The van der Waals surface area contributed by atoms with Crippen molar-refractivity contribution in [3.63, 3.8) is 0 Å². The van der Waals surface area contributed by atoms with Gasteiger partial charge in [-0.05, 0) is 35.9 Å². The first-order chi connectivity index (χ1) is 10.8. The van der Waals surface area contributed by atoms with Crippen molar-refractivity contribution < 1.29 is 4.42 Å². The summed E-state index contributed by atoms with van der Waals surface area (Å²) < 4.78 is 7.69. The van der Waals surface area contributed by atoms with Crippen molar-refractivity contribution in [2.24, 2.45) is 0 Å². The van der Waals surface area contributed by atoms with E-state index in [9.17, 15) is 0 Å². The molecule has 0 fully saturated rings. The van der Waals surface area contributed by atoms with Crippen molar-refractivity contribution >= 4 is 22.6 Å². The van der Waals surface area contributed by atoms with Crippen LogP contribution in [0.1, 0.15) is 5.56 Å². The molecule has 0 unspecified atom stereocenters. The average Bonchev–Trinajstić information content (AvgIpc) is 3.16. The van der Waals surface area contributed by atoms with Gasteiger partial charge < -0.3 is 8.98 Å². The summed E-state index contributed by atoms with van der Waals surface area (Å²) in [6.45, 7) is 0.731. The first-order valence-corrected chi connectivity index (χ1v) is 7.43. The van der Waals surface area contributed by atoms with Crippen LogP contribution < -0.4 is 0 Å². The lowest BCUT2D eigenvalue weighted by molar-refractivity contribution is 0.572. The van der Waals surface area contributed by atoms with Gasteiger partial charge in [-0.2, -0.15) is 0 Å². The number of halogens is 1. The summed E-state index contributed by atoms with van der Waals surface area (Å²) in [5.41, 5.74) is 3.12. The highest BCUT2D eigenvalue weighted by molar-refractivity contribution is 6.31. The number of aromatic nitrogens is 2. The molecule has 4 rings (SSSR count). The van der Waals surface area contributed by atoms with Crippen LogP contribution in [0.15, 0.2) is 71.3 Å². The molecule has 0 spiro atoms. The molecular formula is C18H13ClN2O. The number of imidazole rings is 1. The van der Waals surface area contributed by atoms with E-state index in [1.807, 2.05) is 48.5 Å². The van der Waals surface area contributed by atoms with Gasteiger partial charge in [-0.25, -0.2) is 4.98 Å². The quantitative estimate of drug-likeness (QED) is 0.533. The second kappa shape index (κ2) is 5.35. The van der Waals surface area contributed by atoms with Crippen LogP contribution in [0.2, 0.25) is 5.02 Å². The molecule has 0 amide bonds. The van der Waals surface area contributed by atoms with Gasteiger partial charge in [-0.15, -0.1) is 0 Å². The first kappa shape index (κ1) is 13.2. The van der Waals surface area contributed by atoms with Gasteiger partial charge in [-0.1, -0.05) is 41.9 Å². The van der Waals surface area contributed by atoms with Crippen LogP contribution in [-0.4, -0.2) is 9.55 Å². The lowest BCUT2D eigenvalue weighted by Gasteiger charge is -2.08. The maximum atomic E-state index is 6.09. The Morgan fingerprint density at radius 2 is 1.86 bits per heavy atom. The summed E-state index contributed by atoms with van der Waals surface area (Å²) in [4.78, 5) is 4.70. The van der Waals surface area contributed by atoms with Crippen molar-refractivity contribution in [3.8, 4) is 11.6 Å². The van der Waals surface area contributed by atoms with E-state index in [2.05, 4.69) is 16.7 Å². The molecule has 22 heavy (non-hydrogen) atoms. The lowest BCUT2D eigenvalue weighted by Crippen LogP contribution is -2.01. The third-order valence-corrected chi connectivity index (χ3v) is 3.87. The smallest absolute Gasteiger partial charge is 0.177 e. The highest BCUT2D eigenvalue weighted by Gasteiger charge is 2.15. The molecule has 0 bridgehead atoms. The monoisotopic (exact) mass is 308 g/mol. The van der Waals surface area contributed by atoms with Gasteiger partial charge in [0.25, 0.3) is 0 Å². The molecule has 4 aromatic rings. The number of rotatable bonds is 3. The molecule has 3 nitrogen and oxygen atoms in total. The Morgan fingerprint density at radius 3 is 2.64 bits per heavy atom. The molecule has 2 aromatic carbocycles. The van der Waals surface area contributed by atoms with Gasteiger partial charge in [0.1, 0.15) is 0 Å². The number of hydrogen-bond donors (Lipinski definition) is 0. The van der Waals surface area contributed by atoms with Crippen molar-refractivity contribution in [3.05, 3.63) is 77.5 Å². The van der Waals surface area contributed by atoms with E-state index in [4.69, 9.17) is 21.0 Å². The predicted molar refractivity (Wildman–Crippen MR) is 88.0 cm³/mol. The largest absolute Gasteiger partial charge is 0.461 e. The Labute approximate surface area is 132 Å². The topological polar surface area (TPSA) is 31.0 Å². The van der Waals surface area contributed by atoms with Gasteiger partial charge in [0.15, 0.2) is 11.6 Å². The Balaban J connectivity index is 1.92. The van der Waals surface area contributed by atoms with Crippen molar-refractivity contribution in [2.75, 3.05) is 0 Å². The molecule has 0 atom stereocenters. The summed E-state index contributed by atoms with van der Waals surface area (Å²) in [5.74, 6) is 1.56. The van der Waals surface area contributed by atoms with E-state index < -0.39 is 0 Å². The number of fused-ring (bicyclic) bond motifs is 1. The fourth-order valence-electron chi connectivity index (χ4n) is 2.62. The molecule has 0 aliphatic carbocycles. The molecule has 4 heteroatoms. The Morgan fingerprint density at radius 1 is 1.00 bits per heavy atom.